The van der Waals surface area contributed by atoms with Crippen LogP contribution in [0.1, 0.15) is 11.1 Å². The van der Waals surface area contributed by atoms with Crippen LogP contribution in [0.4, 0.5) is 42.4 Å². The van der Waals surface area contributed by atoms with Crippen LogP contribution in [0.2, 0.25) is 0 Å². The Hall–Kier alpha value is -5.63. The highest BCUT2D eigenvalue weighted by molar-refractivity contribution is 6.06. The Bertz CT molecular complexity index is 1740. The molecule has 0 fully saturated rings. The van der Waals surface area contributed by atoms with E-state index in [-0.39, 0.29) is 42.3 Å². The lowest BCUT2D eigenvalue weighted by Gasteiger charge is -2.36. The Kier molecular flexibility index (Phi) is 9.67. The minimum absolute atomic E-state index is 0.0570. The van der Waals surface area contributed by atoms with Gasteiger partial charge in [0.2, 0.25) is 11.9 Å². The van der Waals surface area contributed by atoms with Gasteiger partial charge in [-0.1, -0.05) is 18.2 Å². The summed E-state index contributed by atoms with van der Waals surface area (Å²) in [6.45, 7) is 0.305. The zero-order valence-corrected chi connectivity index (χ0v) is 25.6. The van der Waals surface area contributed by atoms with Gasteiger partial charge in [-0.2, -0.15) is 4.98 Å². The fourth-order valence-electron chi connectivity index (χ4n) is 4.75. The van der Waals surface area contributed by atoms with Crippen molar-refractivity contribution in [1.82, 2.24) is 19.9 Å². The first kappa shape index (κ1) is 31.8. The molecule has 14 heteroatoms. The molecule has 0 atom stereocenters. The van der Waals surface area contributed by atoms with Gasteiger partial charge in [-0.25, -0.2) is 18.6 Å². The third-order valence-electron chi connectivity index (χ3n) is 6.92. The molecule has 4 aromatic rings. The Morgan fingerprint density at radius 1 is 1.04 bits per heavy atom. The number of anilines is 5. The molecular formula is C32H32F2N8O4. The van der Waals surface area contributed by atoms with Gasteiger partial charge in [0.25, 0.3) is 0 Å². The number of pyridine rings is 1. The molecule has 2 aromatic carbocycles. The molecule has 1 aliphatic heterocycles. The van der Waals surface area contributed by atoms with Crippen molar-refractivity contribution in [2.75, 3.05) is 55.3 Å². The van der Waals surface area contributed by atoms with Crippen molar-refractivity contribution in [3.05, 3.63) is 96.0 Å². The van der Waals surface area contributed by atoms with Crippen LogP contribution in [0.3, 0.4) is 0 Å². The maximum atomic E-state index is 15.6. The molecule has 3 amide bonds. The van der Waals surface area contributed by atoms with E-state index < -0.39 is 23.4 Å². The minimum atomic E-state index is -1.07. The molecule has 5 rings (SSSR count). The number of nitrogens with one attached hydrogen (secondary N) is 2. The molecule has 0 aliphatic carbocycles. The highest BCUT2D eigenvalue weighted by Crippen LogP contribution is 2.41. The summed E-state index contributed by atoms with van der Waals surface area (Å²) in [5.74, 6) is -2.61. The number of hydrogen-bond donors (Lipinski definition) is 2. The summed E-state index contributed by atoms with van der Waals surface area (Å²) in [4.78, 5) is 43.8. The number of fused-ring (bicyclic) bond motifs is 1. The van der Waals surface area contributed by atoms with E-state index in [2.05, 4.69) is 25.6 Å². The summed E-state index contributed by atoms with van der Waals surface area (Å²) in [6.07, 6.45) is 7.87. The summed E-state index contributed by atoms with van der Waals surface area (Å²) in [6, 6.07) is 10.7. The molecular weight excluding hydrogens is 598 g/mol. The first-order valence-electron chi connectivity index (χ1n) is 14.1. The van der Waals surface area contributed by atoms with Gasteiger partial charge in [-0.15, -0.1) is 0 Å². The van der Waals surface area contributed by atoms with Gasteiger partial charge >= 0.3 is 6.03 Å². The molecule has 12 nitrogen and oxygen atoms in total. The number of methoxy groups -OCH3 is 2. The number of urea groups is 1. The van der Waals surface area contributed by atoms with E-state index in [1.807, 2.05) is 19.0 Å². The lowest BCUT2D eigenvalue weighted by Crippen LogP contribution is -2.48. The van der Waals surface area contributed by atoms with E-state index in [1.165, 1.54) is 31.4 Å². The Morgan fingerprint density at radius 2 is 1.76 bits per heavy atom. The highest BCUT2D eigenvalue weighted by atomic mass is 19.1. The molecule has 3 heterocycles. The van der Waals surface area contributed by atoms with Crippen molar-refractivity contribution < 1.29 is 27.8 Å². The summed E-state index contributed by atoms with van der Waals surface area (Å²) in [7, 11) is 6.25. The van der Waals surface area contributed by atoms with Gasteiger partial charge in [0, 0.05) is 54.2 Å². The zero-order valence-electron chi connectivity index (χ0n) is 25.6. The normalized spacial score (nSPS) is 12.8. The largest absolute Gasteiger partial charge is 0.493 e. The van der Waals surface area contributed by atoms with E-state index in [4.69, 9.17) is 9.47 Å². The van der Waals surface area contributed by atoms with E-state index in [0.717, 1.165) is 11.0 Å². The number of amides is 3. The van der Waals surface area contributed by atoms with Crippen molar-refractivity contribution in [3.63, 3.8) is 0 Å². The fraction of sp³-hybridized carbons (Fsp3) is 0.219. The molecule has 0 saturated carbocycles. The fourth-order valence-corrected chi connectivity index (χ4v) is 4.75. The van der Waals surface area contributed by atoms with E-state index in [9.17, 15) is 9.59 Å². The third-order valence-corrected chi connectivity index (χ3v) is 6.92. The van der Waals surface area contributed by atoms with Gasteiger partial charge in [0.1, 0.15) is 11.5 Å². The maximum absolute atomic E-state index is 15.6. The van der Waals surface area contributed by atoms with Crippen LogP contribution < -0.4 is 29.9 Å². The zero-order chi connectivity index (χ0) is 32.8. The minimum Gasteiger partial charge on any atom is -0.493 e. The van der Waals surface area contributed by atoms with Crippen LogP contribution in [-0.2, 0) is 17.9 Å². The lowest BCUT2D eigenvalue weighted by molar-refractivity contribution is -0.111. The smallest absolute Gasteiger partial charge is 0.330 e. The van der Waals surface area contributed by atoms with Crippen LogP contribution in [0.15, 0.2) is 73.2 Å². The third kappa shape index (κ3) is 7.02. The lowest BCUT2D eigenvalue weighted by atomic mass is 10.1. The number of benzene rings is 2. The van der Waals surface area contributed by atoms with Crippen LogP contribution in [-0.4, -0.2) is 66.6 Å². The molecule has 238 valence electrons. The average molecular weight is 631 g/mol. The summed E-state index contributed by atoms with van der Waals surface area (Å²) in [5, 5.41) is 5.88. The maximum Gasteiger partial charge on any atom is 0.330 e. The van der Waals surface area contributed by atoms with Gasteiger partial charge < -0.3 is 25.0 Å². The second kappa shape index (κ2) is 14.0. The van der Waals surface area contributed by atoms with Crippen molar-refractivity contribution in [3.8, 4) is 11.5 Å². The SMILES string of the molecule is COc1cc(OC)c(F)c(N2Cc3cnc(Nc4ccncc4)nc3N(Cc3cccc(NC(=O)/C=C/CN(C)C)c3)C2=O)c1F. The number of likely N-dealkylation sites (N-methyl/N-ethyl adjacent to an activating group) is 1. The average Bonchev–Trinajstić information content (AvgIpc) is 3.04. The van der Waals surface area contributed by atoms with Crippen molar-refractivity contribution in [2.45, 2.75) is 13.1 Å². The molecule has 46 heavy (non-hydrogen) atoms. The van der Waals surface area contributed by atoms with E-state index >= 15 is 8.78 Å². The predicted molar refractivity (Wildman–Crippen MR) is 170 cm³/mol. The molecule has 0 unspecified atom stereocenters. The highest BCUT2D eigenvalue weighted by Gasteiger charge is 2.38. The van der Waals surface area contributed by atoms with Gasteiger partial charge in [0.15, 0.2) is 23.1 Å². The Labute approximate surface area is 264 Å². The molecule has 0 spiro atoms. The number of hydrogen-bond acceptors (Lipinski definition) is 9. The van der Waals surface area contributed by atoms with Crippen LogP contribution in [0.5, 0.6) is 11.5 Å². The van der Waals surface area contributed by atoms with Crippen molar-refractivity contribution in [1.29, 1.82) is 0 Å². The first-order chi connectivity index (χ1) is 22.2. The second-order valence-corrected chi connectivity index (χ2v) is 10.5. The van der Waals surface area contributed by atoms with Crippen LogP contribution in [0.25, 0.3) is 0 Å². The van der Waals surface area contributed by atoms with Gasteiger partial charge in [-0.3, -0.25) is 19.6 Å². The number of carbonyl (C=O) groups excluding carboxylic acids is 2. The molecule has 0 bridgehead atoms. The second-order valence-electron chi connectivity index (χ2n) is 10.5. The van der Waals surface area contributed by atoms with E-state index in [0.29, 0.717) is 29.0 Å². The number of rotatable bonds is 11. The summed E-state index contributed by atoms with van der Waals surface area (Å²) < 4.78 is 41.5. The standard InChI is InChI=1S/C32H32F2N8O4/c1-40(2)14-6-9-26(43)37-23-8-5-7-20(15-23)18-42-30-21(17-36-31(39-30)38-22-10-12-35-13-11-22)19-41(32(42)44)29-27(33)24(45-3)16-25(46-4)28(29)34/h5-13,15-17H,14,18-19H2,1-4H3,(H,37,43)(H,35,36,38,39)/b9-6+. The molecule has 1 aliphatic rings. The van der Waals surface area contributed by atoms with Crippen LogP contribution >= 0.6 is 0 Å². The topological polar surface area (TPSA) is 125 Å². The predicted octanol–water partition coefficient (Wildman–Crippen LogP) is 5.11. The number of ether oxygens (including phenoxy) is 2. The quantitative estimate of drug-likeness (QED) is 0.218. The summed E-state index contributed by atoms with van der Waals surface area (Å²) in [5.41, 5.74) is 1.57. The Balaban J connectivity index is 1.53. The summed E-state index contributed by atoms with van der Waals surface area (Å²) >= 11 is 0. The van der Waals surface area contributed by atoms with Crippen molar-refractivity contribution in [2.24, 2.45) is 0 Å². The number of aromatic nitrogens is 3. The number of carbonyl (C=O) groups is 2. The van der Waals surface area contributed by atoms with Crippen molar-refractivity contribution >= 4 is 40.8 Å². The van der Waals surface area contributed by atoms with E-state index in [1.54, 1.807) is 54.9 Å². The number of nitrogens with zero attached hydrogens (tertiary/aromatic N) is 6. The molecule has 2 aromatic heterocycles. The molecule has 0 radical (unpaired) electrons. The number of halogens is 2. The monoisotopic (exact) mass is 630 g/mol. The van der Waals surface area contributed by atoms with Gasteiger partial charge in [0.05, 0.1) is 27.3 Å². The Morgan fingerprint density at radius 3 is 2.43 bits per heavy atom. The molecule has 2 N–H and O–H groups in total. The molecule has 0 saturated heterocycles. The first-order valence-corrected chi connectivity index (χ1v) is 14.1. The van der Waals surface area contributed by atoms with Crippen LogP contribution in [0, 0.1) is 11.6 Å². The van der Waals surface area contributed by atoms with Gasteiger partial charge in [-0.05, 0) is 43.9 Å².